The third-order valence-electron chi connectivity index (χ3n) is 2.84. The van der Waals surface area contributed by atoms with Crippen molar-refractivity contribution in [3.63, 3.8) is 0 Å². The number of anilines is 2. The predicted octanol–water partition coefficient (Wildman–Crippen LogP) is 0.549. The molecule has 19 heavy (non-hydrogen) atoms. The Bertz CT molecular complexity index is 384. The van der Waals surface area contributed by atoms with Crippen LogP contribution in [0.5, 0.6) is 5.75 Å². The van der Waals surface area contributed by atoms with Crippen LogP contribution in [-0.4, -0.2) is 55.7 Å². The van der Waals surface area contributed by atoms with E-state index in [4.69, 9.17) is 10.6 Å². The largest absolute Gasteiger partial charge is 0.490 e. The van der Waals surface area contributed by atoms with Crippen LogP contribution in [-0.2, 0) is 0 Å². The van der Waals surface area contributed by atoms with E-state index in [2.05, 4.69) is 46.2 Å². The zero-order chi connectivity index (χ0) is 14.3. The second-order valence-corrected chi connectivity index (χ2v) is 4.46. The van der Waals surface area contributed by atoms with Crippen molar-refractivity contribution >= 4 is 11.6 Å². The molecule has 0 radical (unpaired) electrons. The molecule has 0 spiro atoms. The summed E-state index contributed by atoms with van der Waals surface area (Å²) in [6.07, 6.45) is 2.54. The molecule has 0 saturated heterocycles. The number of nitrogens with one attached hydrogen (secondary N) is 1. The zero-order valence-corrected chi connectivity index (χ0v) is 12.2. The Labute approximate surface area is 114 Å². The third-order valence-corrected chi connectivity index (χ3v) is 2.84. The van der Waals surface area contributed by atoms with Gasteiger partial charge < -0.3 is 20.0 Å². The zero-order valence-electron chi connectivity index (χ0n) is 12.2. The number of hydrogen-bond acceptors (Lipinski definition) is 7. The van der Waals surface area contributed by atoms with Crippen molar-refractivity contribution in [2.75, 3.05) is 51.2 Å². The van der Waals surface area contributed by atoms with Crippen LogP contribution in [0, 0.1) is 0 Å². The Morgan fingerprint density at radius 1 is 1.32 bits per heavy atom. The Morgan fingerprint density at radius 3 is 2.58 bits per heavy atom. The van der Waals surface area contributed by atoms with E-state index < -0.39 is 0 Å². The Balaban J connectivity index is 2.85. The summed E-state index contributed by atoms with van der Waals surface area (Å²) in [6, 6.07) is 0. The maximum atomic E-state index is 5.43. The molecule has 1 heterocycles. The molecule has 0 aliphatic rings. The van der Waals surface area contributed by atoms with E-state index >= 15 is 0 Å². The van der Waals surface area contributed by atoms with E-state index in [9.17, 15) is 0 Å². The molecule has 0 aliphatic heterocycles. The van der Waals surface area contributed by atoms with Gasteiger partial charge in [0.25, 0.3) is 0 Å². The summed E-state index contributed by atoms with van der Waals surface area (Å²) in [5, 5.41) is 0. The number of nitrogens with zero attached hydrogens (tertiary/aromatic N) is 4. The van der Waals surface area contributed by atoms with Crippen molar-refractivity contribution in [1.29, 1.82) is 0 Å². The van der Waals surface area contributed by atoms with Gasteiger partial charge in [-0.1, -0.05) is 0 Å². The number of nitrogens with two attached hydrogens (primary N) is 1. The van der Waals surface area contributed by atoms with Crippen molar-refractivity contribution in [2.24, 2.45) is 5.84 Å². The first-order valence-electron chi connectivity index (χ1n) is 6.39. The average Bonchev–Trinajstić information content (AvgIpc) is 2.42. The van der Waals surface area contributed by atoms with Crippen molar-refractivity contribution in [2.45, 2.75) is 13.3 Å². The van der Waals surface area contributed by atoms with Crippen molar-refractivity contribution in [3.8, 4) is 5.75 Å². The molecule has 0 bridgehead atoms. The highest BCUT2D eigenvalue weighted by atomic mass is 16.5. The van der Waals surface area contributed by atoms with Crippen molar-refractivity contribution < 1.29 is 4.74 Å². The van der Waals surface area contributed by atoms with Gasteiger partial charge in [0.15, 0.2) is 11.6 Å². The average molecular weight is 268 g/mol. The molecule has 0 unspecified atom stereocenters. The first kappa shape index (κ1) is 15.5. The van der Waals surface area contributed by atoms with Gasteiger partial charge in [-0.25, -0.2) is 15.8 Å². The SMILES string of the molecule is CCN(CCCN(C)C)c1ncnc(NN)c1OC. The Morgan fingerprint density at radius 2 is 2.05 bits per heavy atom. The van der Waals surface area contributed by atoms with E-state index in [1.807, 2.05) is 0 Å². The lowest BCUT2D eigenvalue weighted by Gasteiger charge is -2.24. The van der Waals surface area contributed by atoms with Gasteiger partial charge in [-0.05, 0) is 34.0 Å². The molecule has 0 aromatic carbocycles. The van der Waals surface area contributed by atoms with Gasteiger partial charge in [0.2, 0.25) is 5.75 Å². The summed E-state index contributed by atoms with van der Waals surface area (Å²) in [7, 11) is 5.73. The summed E-state index contributed by atoms with van der Waals surface area (Å²) < 4.78 is 5.36. The molecular formula is C12H24N6O. The van der Waals surface area contributed by atoms with Crippen LogP contribution < -0.4 is 20.9 Å². The molecule has 1 aromatic rings. The van der Waals surface area contributed by atoms with Gasteiger partial charge in [-0.2, -0.15) is 0 Å². The van der Waals surface area contributed by atoms with Gasteiger partial charge >= 0.3 is 0 Å². The number of rotatable bonds is 8. The standard InChI is InChI=1S/C12H24N6O/c1-5-18(8-6-7-17(2)3)12-10(19-4)11(16-13)14-9-15-12/h9H,5-8,13H2,1-4H3,(H,14,15,16). The lowest BCUT2D eigenvalue weighted by Crippen LogP contribution is -2.28. The second kappa shape index (κ2) is 7.75. The van der Waals surface area contributed by atoms with E-state index in [1.165, 1.54) is 6.33 Å². The van der Waals surface area contributed by atoms with Crippen LogP contribution in [0.3, 0.4) is 0 Å². The number of nitrogen functional groups attached to an aromatic ring is 1. The monoisotopic (exact) mass is 268 g/mol. The number of ether oxygens (including phenoxy) is 1. The number of methoxy groups -OCH3 is 1. The van der Waals surface area contributed by atoms with Gasteiger partial charge in [-0.3, -0.25) is 0 Å². The molecule has 108 valence electrons. The smallest absolute Gasteiger partial charge is 0.205 e. The lowest BCUT2D eigenvalue weighted by molar-refractivity contribution is 0.397. The molecule has 7 nitrogen and oxygen atoms in total. The van der Waals surface area contributed by atoms with Crippen LogP contribution in [0.15, 0.2) is 6.33 Å². The van der Waals surface area contributed by atoms with Crippen LogP contribution >= 0.6 is 0 Å². The topological polar surface area (TPSA) is 79.5 Å². The second-order valence-electron chi connectivity index (χ2n) is 4.46. The molecule has 0 fully saturated rings. The summed E-state index contributed by atoms with van der Waals surface area (Å²) in [5.74, 6) is 7.28. The quantitative estimate of drug-likeness (QED) is 0.526. The van der Waals surface area contributed by atoms with Crippen LogP contribution in [0.25, 0.3) is 0 Å². The van der Waals surface area contributed by atoms with E-state index in [0.29, 0.717) is 11.6 Å². The summed E-state index contributed by atoms with van der Waals surface area (Å²) >= 11 is 0. The van der Waals surface area contributed by atoms with Gasteiger partial charge in [0, 0.05) is 13.1 Å². The Kier molecular flexibility index (Phi) is 6.31. The molecule has 0 amide bonds. The normalized spacial score (nSPS) is 10.6. The third kappa shape index (κ3) is 4.22. The molecule has 3 N–H and O–H groups in total. The van der Waals surface area contributed by atoms with E-state index in [1.54, 1.807) is 7.11 Å². The fourth-order valence-electron chi connectivity index (χ4n) is 1.87. The van der Waals surface area contributed by atoms with Crippen LogP contribution in [0.2, 0.25) is 0 Å². The number of aromatic nitrogens is 2. The number of hydrazine groups is 1. The molecule has 0 atom stereocenters. The minimum atomic E-state index is 0.499. The van der Waals surface area contributed by atoms with E-state index in [-0.39, 0.29) is 0 Å². The molecule has 0 saturated carbocycles. The fourth-order valence-corrected chi connectivity index (χ4v) is 1.87. The van der Waals surface area contributed by atoms with Crippen LogP contribution in [0.1, 0.15) is 13.3 Å². The molecular weight excluding hydrogens is 244 g/mol. The first-order valence-corrected chi connectivity index (χ1v) is 6.39. The molecule has 7 heteroatoms. The maximum absolute atomic E-state index is 5.43. The summed E-state index contributed by atoms with van der Waals surface area (Å²) in [4.78, 5) is 12.7. The molecule has 1 aromatic heterocycles. The highest BCUT2D eigenvalue weighted by molar-refractivity contribution is 5.64. The predicted molar refractivity (Wildman–Crippen MR) is 77.5 cm³/mol. The highest BCUT2D eigenvalue weighted by Crippen LogP contribution is 2.31. The number of hydrogen-bond donors (Lipinski definition) is 2. The maximum Gasteiger partial charge on any atom is 0.205 e. The summed E-state index contributed by atoms with van der Waals surface area (Å²) in [5.41, 5.74) is 2.53. The van der Waals surface area contributed by atoms with Crippen molar-refractivity contribution in [1.82, 2.24) is 14.9 Å². The Hall–Kier alpha value is -1.60. The molecule has 0 aliphatic carbocycles. The first-order chi connectivity index (χ1) is 9.13. The van der Waals surface area contributed by atoms with Crippen molar-refractivity contribution in [3.05, 3.63) is 6.33 Å². The lowest BCUT2D eigenvalue weighted by atomic mass is 10.3. The fraction of sp³-hybridized carbons (Fsp3) is 0.667. The highest BCUT2D eigenvalue weighted by Gasteiger charge is 2.16. The van der Waals surface area contributed by atoms with Gasteiger partial charge in [-0.15, -0.1) is 0 Å². The van der Waals surface area contributed by atoms with Gasteiger partial charge in [0.05, 0.1) is 7.11 Å². The summed E-state index contributed by atoms with van der Waals surface area (Å²) in [6.45, 7) is 4.88. The molecule has 1 rings (SSSR count). The minimum Gasteiger partial charge on any atom is -0.490 e. The van der Waals surface area contributed by atoms with Gasteiger partial charge in [0.1, 0.15) is 6.33 Å². The minimum absolute atomic E-state index is 0.499. The van der Waals surface area contributed by atoms with E-state index in [0.717, 1.165) is 31.9 Å². The van der Waals surface area contributed by atoms with Crippen LogP contribution in [0.4, 0.5) is 11.6 Å².